The van der Waals surface area contributed by atoms with Crippen molar-refractivity contribution in [2.45, 2.75) is 11.4 Å². The zero-order valence-corrected chi connectivity index (χ0v) is 17.7. The minimum Gasteiger partial charge on any atom is -0.465 e. The molecule has 0 unspecified atom stereocenters. The number of carbonyl (C=O) groups is 1. The topological polar surface area (TPSA) is 94.5 Å². The molecule has 0 radical (unpaired) electrons. The number of ether oxygens (including phenoxy) is 1. The van der Waals surface area contributed by atoms with E-state index in [4.69, 9.17) is 0 Å². The van der Waals surface area contributed by atoms with Gasteiger partial charge in [0, 0.05) is 22.4 Å². The van der Waals surface area contributed by atoms with Gasteiger partial charge in [-0.05, 0) is 57.9 Å². The number of rotatable bonds is 6. The number of aromatic nitrogens is 1. The van der Waals surface area contributed by atoms with Gasteiger partial charge in [-0.25, -0.2) is 13.2 Å². The number of hydrogen-bond donors (Lipinski definition) is 1. The highest BCUT2D eigenvalue weighted by atomic mass is 79.9. The van der Waals surface area contributed by atoms with Crippen molar-refractivity contribution in [1.82, 2.24) is 4.57 Å². The van der Waals surface area contributed by atoms with E-state index in [-0.39, 0.29) is 16.0 Å². The molecule has 0 aliphatic heterocycles. The number of benzene rings is 2. The predicted octanol–water partition coefficient (Wildman–Crippen LogP) is 3.25. The highest BCUT2D eigenvalue weighted by Crippen LogP contribution is 2.23. The number of hydrogen-bond acceptors (Lipinski definition) is 5. The molecule has 0 aliphatic carbocycles. The lowest BCUT2D eigenvalue weighted by atomic mass is 10.2. The van der Waals surface area contributed by atoms with Crippen LogP contribution in [-0.2, 0) is 21.3 Å². The molecular weight excluding hydrogens is 460 g/mol. The standard InChI is InChI=1S/C20H17BrN2O5S/c1-28-20(25)17-12-16(9-10-18(17)21)29(26,27)22-15-7-5-14(6-8-15)13-23-11-3-2-4-19(23)24/h2-12,22H,13H2,1H3. The molecule has 7 nitrogen and oxygen atoms in total. The van der Waals surface area contributed by atoms with Crippen LogP contribution < -0.4 is 10.3 Å². The molecule has 0 saturated heterocycles. The van der Waals surface area contributed by atoms with Gasteiger partial charge in [0.05, 0.1) is 24.1 Å². The predicted molar refractivity (Wildman–Crippen MR) is 113 cm³/mol. The Morgan fingerprint density at radius 3 is 2.48 bits per heavy atom. The van der Waals surface area contributed by atoms with E-state index >= 15 is 0 Å². The van der Waals surface area contributed by atoms with Crippen LogP contribution in [-0.4, -0.2) is 26.1 Å². The number of sulfonamides is 1. The summed E-state index contributed by atoms with van der Waals surface area (Å²) in [6, 6.07) is 15.7. The zero-order chi connectivity index (χ0) is 21.0. The smallest absolute Gasteiger partial charge is 0.339 e. The molecule has 1 aromatic heterocycles. The summed E-state index contributed by atoms with van der Waals surface area (Å²) in [5.41, 5.74) is 1.20. The van der Waals surface area contributed by atoms with Gasteiger partial charge >= 0.3 is 5.97 Å². The van der Waals surface area contributed by atoms with Crippen LogP contribution in [0.4, 0.5) is 5.69 Å². The first kappa shape index (κ1) is 20.8. The lowest BCUT2D eigenvalue weighted by Gasteiger charge is -2.11. The van der Waals surface area contributed by atoms with E-state index in [2.05, 4.69) is 25.4 Å². The van der Waals surface area contributed by atoms with Crippen LogP contribution in [0.2, 0.25) is 0 Å². The quantitative estimate of drug-likeness (QED) is 0.551. The average Bonchev–Trinajstić information content (AvgIpc) is 2.70. The van der Waals surface area contributed by atoms with E-state index < -0.39 is 16.0 Å². The van der Waals surface area contributed by atoms with Gasteiger partial charge in [0.25, 0.3) is 15.6 Å². The van der Waals surface area contributed by atoms with E-state index in [1.807, 2.05) is 0 Å². The number of nitrogens with one attached hydrogen (secondary N) is 1. The molecule has 0 amide bonds. The largest absolute Gasteiger partial charge is 0.465 e. The van der Waals surface area contributed by atoms with E-state index in [0.29, 0.717) is 16.7 Å². The summed E-state index contributed by atoms with van der Waals surface area (Å²) in [6.07, 6.45) is 1.69. The van der Waals surface area contributed by atoms with Crippen molar-refractivity contribution < 1.29 is 17.9 Å². The molecular formula is C20H17BrN2O5S. The van der Waals surface area contributed by atoms with Crippen LogP contribution >= 0.6 is 15.9 Å². The molecule has 150 valence electrons. The Morgan fingerprint density at radius 1 is 1.10 bits per heavy atom. The van der Waals surface area contributed by atoms with E-state index in [0.717, 1.165) is 5.56 Å². The maximum Gasteiger partial charge on any atom is 0.339 e. The second-order valence-electron chi connectivity index (χ2n) is 6.10. The van der Waals surface area contributed by atoms with Crippen molar-refractivity contribution in [2.24, 2.45) is 0 Å². The SMILES string of the molecule is COC(=O)c1cc(S(=O)(=O)Nc2ccc(Cn3ccccc3=O)cc2)ccc1Br. The summed E-state index contributed by atoms with van der Waals surface area (Å²) in [5.74, 6) is -0.644. The Bertz CT molecular complexity index is 1200. The number of esters is 1. The first-order chi connectivity index (χ1) is 13.8. The molecule has 0 spiro atoms. The van der Waals surface area contributed by atoms with Crippen molar-refractivity contribution in [1.29, 1.82) is 0 Å². The van der Waals surface area contributed by atoms with Crippen molar-refractivity contribution in [3.05, 3.63) is 92.8 Å². The van der Waals surface area contributed by atoms with Gasteiger partial charge in [-0.15, -0.1) is 0 Å². The van der Waals surface area contributed by atoms with Gasteiger partial charge in [-0.3, -0.25) is 9.52 Å². The van der Waals surface area contributed by atoms with Crippen LogP contribution in [0.3, 0.4) is 0 Å². The molecule has 29 heavy (non-hydrogen) atoms. The third-order valence-electron chi connectivity index (χ3n) is 4.11. The van der Waals surface area contributed by atoms with Gasteiger partial charge in [0.1, 0.15) is 0 Å². The van der Waals surface area contributed by atoms with E-state index in [1.54, 1.807) is 47.2 Å². The number of halogens is 1. The molecule has 1 heterocycles. The average molecular weight is 477 g/mol. The van der Waals surface area contributed by atoms with Crippen LogP contribution in [0.15, 0.2) is 81.0 Å². The highest BCUT2D eigenvalue weighted by molar-refractivity contribution is 9.10. The summed E-state index contributed by atoms with van der Waals surface area (Å²) in [7, 11) is -2.69. The van der Waals surface area contributed by atoms with Gasteiger partial charge in [0.2, 0.25) is 0 Å². The fourth-order valence-corrected chi connectivity index (χ4v) is 4.11. The van der Waals surface area contributed by atoms with Crippen molar-refractivity contribution in [3.8, 4) is 0 Å². The second-order valence-corrected chi connectivity index (χ2v) is 8.64. The number of nitrogens with zero attached hydrogens (tertiary/aromatic N) is 1. The Kier molecular flexibility index (Phi) is 6.19. The monoisotopic (exact) mass is 476 g/mol. The minimum absolute atomic E-state index is 0.0685. The lowest BCUT2D eigenvalue weighted by Crippen LogP contribution is -2.18. The van der Waals surface area contributed by atoms with E-state index in [1.165, 1.54) is 31.4 Å². The molecule has 3 aromatic rings. The summed E-state index contributed by atoms with van der Waals surface area (Å²) in [6.45, 7) is 0.377. The van der Waals surface area contributed by atoms with Crippen molar-refractivity contribution in [2.75, 3.05) is 11.8 Å². The van der Waals surface area contributed by atoms with Crippen LogP contribution in [0.1, 0.15) is 15.9 Å². The highest BCUT2D eigenvalue weighted by Gasteiger charge is 2.19. The Balaban J connectivity index is 1.80. The summed E-state index contributed by atoms with van der Waals surface area (Å²) in [4.78, 5) is 23.5. The van der Waals surface area contributed by atoms with Crippen molar-refractivity contribution in [3.63, 3.8) is 0 Å². The Morgan fingerprint density at radius 2 is 1.83 bits per heavy atom. The van der Waals surface area contributed by atoms with E-state index in [9.17, 15) is 18.0 Å². The van der Waals surface area contributed by atoms with Gasteiger partial charge in [-0.2, -0.15) is 0 Å². The molecule has 0 aliphatic rings. The normalized spacial score (nSPS) is 11.1. The minimum atomic E-state index is -3.91. The molecule has 0 saturated carbocycles. The number of methoxy groups -OCH3 is 1. The third-order valence-corrected chi connectivity index (χ3v) is 6.18. The number of carbonyl (C=O) groups excluding carboxylic acids is 1. The third kappa shape index (κ3) is 4.93. The Labute approximate surface area is 176 Å². The fourth-order valence-electron chi connectivity index (χ4n) is 2.62. The lowest BCUT2D eigenvalue weighted by molar-refractivity contribution is 0.0599. The summed E-state index contributed by atoms with van der Waals surface area (Å²) < 4.78 is 34.5. The zero-order valence-electron chi connectivity index (χ0n) is 15.3. The van der Waals surface area contributed by atoms with Crippen LogP contribution in [0.5, 0.6) is 0 Å². The molecule has 0 atom stereocenters. The van der Waals surface area contributed by atoms with Crippen LogP contribution in [0, 0.1) is 0 Å². The molecule has 1 N–H and O–H groups in total. The van der Waals surface area contributed by atoms with Gasteiger partial charge in [-0.1, -0.05) is 18.2 Å². The summed E-state index contributed by atoms with van der Waals surface area (Å²) in [5, 5.41) is 0. The van der Waals surface area contributed by atoms with Gasteiger partial charge < -0.3 is 9.30 Å². The summed E-state index contributed by atoms with van der Waals surface area (Å²) >= 11 is 3.21. The maximum atomic E-state index is 12.7. The first-order valence-corrected chi connectivity index (χ1v) is 10.7. The second kappa shape index (κ2) is 8.62. The molecule has 2 aromatic carbocycles. The first-order valence-electron chi connectivity index (χ1n) is 8.45. The fraction of sp³-hybridized carbons (Fsp3) is 0.100. The maximum absolute atomic E-state index is 12.7. The Hall–Kier alpha value is -2.91. The van der Waals surface area contributed by atoms with Gasteiger partial charge in [0.15, 0.2) is 0 Å². The number of pyridine rings is 1. The molecule has 0 fully saturated rings. The number of anilines is 1. The molecule has 3 rings (SSSR count). The van der Waals surface area contributed by atoms with Crippen molar-refractivity contribution >= 4 is 37.6 Å². The molecule has 0 bridgehead atoms. The van der Waals surface area contributed by atoms with Crippen LogP contribution in [0.25, 0.3) is 0 Å². The molecule has 9 heteroatoms.